The Labute approximate surface area is 136 Å². The highest BCUT2D eigenvalue weighted by Crippen LogP contribution is 2.24. The SMILES string of the molecule is CCNC(Cc1cc(C)cc(C)c1)c1ccc(Br)c(C)c1. The molecule has 0 heterocycles. The molecule has 0 aromatic heterocycles. The lowest BCUT2D eigenvalue weighted by Gasteiger charge is -2.20. The van der Waals surface area contributed by atoms with Crippen LogP contribution in [0.4, 0.5) is 0 Å². The predicted octanol–water partition coefficient (Wildman–Crippen LogP) is 5.27. The second kappa shape index (κ2) is 7.24. The number of benzene rings is 2. The summed E-state index contributed by atoms with van der Waals surface area (Å²) in [5.74, 6) is 0. The van der Waals surface area contributed by atoms with E-state index in [2.05, 4.69) is 85.3 Å². The monoisotopic (exact) mass is 345 g/mol. The van der Waals surface area contributed by atoms with Gasteiger partial charge in [-0.1, -0.05) is 64.3 Å². The lowest BCUT2D eigenvalue weighted by molar-refractivity contribution is 0.549. The molecule has 2 rings (SSSR count). The van der Waals surface area contributed by atoms with E-state index in [4.69, 9.17) is 0 Å². The summed E-state index contributed by atoms with van der Waals surface area (Å²) in [5.41, 5.74) is 6.73. The van der Waals surface area contributed by atoms with Gasteiger partial charge in [0.25, 0.3) is 0 Å². The molecule has 0 fully saturated rings. The minimum atomic E-state index is 0.364. The Bertz CT molecular complexity index is 599. The van der Waals surface area contributed by atoms with Crippen molar-refractivity contribution in [3.8, 4) is 0 Å². The molecule has 112 valence electrons. The Morgan fingerprint density at radius 2 is 1.67 bits per heavy atom. The fourth-order valence-electron chi connectivity index (χ4n) is 2.86. The Morgan fingerprint density at radius 1 is 1.00 bits per heavy atom. The number of nitrogens with one attached hydrogen (secondary N) is 1. The van der Waals surface area contributed by atoms with Crippen molar-refractivity contribution in [2.24, 2.45) is 0 Å². The lowest BCUT2D eigenvalue weighted by atomic mass is 9.95. The first-order valence-electron chi connectivity index (χ1n) is 7.56. The maximum Gasteiger partial charge on any atom is 0.0360 e. The van der Waals surface area contributed by atoms with Crippen LogP contribution in [0.5, 0.6) is 0 Å². The van der Waals surface area contributed by atoms with E-state index in [0.29, 0.717) is 6.04 Å². The average molecular weight is 346 g/mol. The second-order valence-electron chi connectivity index (χ2n) is 5.82. The summed E-state index contributed by atoms with van der Waals surface area (Å²) in [7, 11) is 0. The normalized spacial score (nSPS) is 12.4. The highest BCUT2D eigenvalue weighted by atomic mass is 79.9. The first kappa shape index (κ1) is 16.3. The van der Waals surface area contributed by atoms with E-state index in [1.165, 1.54) is 32.3 Å². The van der Waals surface area contributed by atoms with Crippen LogP contribution in [0.1, 0.15) is 40.8 Å². The quantitative estimate of drug-likeness (QED) is 0.778. The third-order valence-corrected chi connectivity index (χ3v) is 4.65. The molecule has 21 heavy (non-hydrogen) atoms. The van der Waals surface area contributed by atoms with Gasteiger partial charge in [0.1, 0.15) is 0 Å². The number of aryl methyl sites for hydroxylation is 3. The van der Waals surface area contributed by atoms with Crippen LogP contribution in [0.15, 0.2) is 40.9 Å². The molecule has 1 N–H and O–H groups in total. The van der Waals surface area contributed by atoms with Crippen molar-refractivity contribution < 1.29 is 0 Å². The van der Waals surface area contributed by atoms with Gasteiger partial charge in [-0.3, -0.25) is 0 Å². The molecule has 2 aromatic carbocycles. The molecule has 0 saturated heterocycles. The van der Waals surface area contributed by atoms with Gasteiger partial charge in [0.15, 0.2) is 0 Å². The molecule has 0 spiro atoms. The highest BCUT2D eigenvalue weighted by molar-refractivity contribution is 9.10. The zero-order valence-corrected chi connectivity index (χ0v) is 14.9. The van der Waals surface area contributed by atoms with Gasteiger partial charge < -0.3 is 5.32 Å². The zero-order chi connectivity index (χ0) is 15.4. The molecule has 0 aliphatic carbocycles. The molecule has 2 aromatic rings. The fourth-order valence-corrected chi connectivity index (χ4v) is 3.11. The van der Waals surface area contributed by atoms with Gasteiger partial charge in [-0.2, -0.15) is 0 Å². The Morgan fingerprint density at radius 3 is 2.24 bits per heavy atom. The highest BCUT2D eigenvalue weighted by Gasteiger charge is 2.12. The average Bonchev–Trinajstić information content (AvgIpc) is 2.40. The van der Waals surface area contributed by atoms with Gasteiger partial charge in [0.2, 0.25) is 0 Å². The lowest BCUT2D eigenvalue weighted by Crippen LogP contribution is -2.23. The summed E-state index contributed by atoms with van der Waals surface area (Å²) in [5, 5.41) is 3.62. The zero-order valence-electron chi connectivity index (χ0n) is 13.3. The molecule has 0 aliphatic heterocycles. The Hall–Kier alpha value is -1.12. The van der Waals surface area contributed by atoms with Crippen molar-refractivity contribution in [2.45, 2.75) is 40.2 Å². The molecule has 0 radical (unpaired) electrons. The van der Waals surface area contributed by atoms with Gasteiger partial charge in [-0.05, 0) is 56.5 Å². The van der Waals surface area contributed by atoms with Crippen molar-refractivity contribution in [2.75, 3.05) is 6.54 Å². The van der Waals surface area contributed by atoms with E-state index in [1.54, 1.807) is 0 Å². The maximum atomic E-state index is 3.62. The first-order valence-corrected chi connectivity index (χ1v) is 8.35. The van der Waals surface area contributed by atoms with E-state index in [1.807, 2.05) is 0 Å². The van der Waals surface area contributed by atoms with Crippen LogP contribution < -0.4 is 5.32 Å². The van der Waals surface area contributed by atoms with Crippen molar-refractivity contribution in [3.05, 3.63) is 68.7 Å². The van der Waals surface area contributed by atoms with Gasteiger partial charge in [0, 0.05) is 10.5 Å². The van der Waals surface area contributed by atoms with Crippen LogP contribution >= 0.6 is 15.9 Å². The molecular weight excluding hydrogens is 322 g/mol. The Balaban J connectivity index is 2.27. The van der Waals surface area contributed by atoms with Gasteiger partial charge in [0.05, 0.1) is 0 Å². The van der Waals surface area contributed by atoms with Crippen LogP contribution in [0, 0.1) is 20.8 Å². The molecule has 0 amide bonds. The standard InChI is InChI=1S/C19H24BrN/c1-5-21-19(17-6-7-18(20)15(4)11-17)12-16-9-13(2)8-14(3)10-16/h6-11,19,21H,5,12H2,1-4H3. The van der Waals surface area contributed by atoms with Crippen molar-refractivity contribution in [1.82, 2.24) is 5.32 Å². The summed E-state index contributed by atoms with van der Waals surface area (Å²) in [6.45, 7) is 9.63. The van der Waals surface area contributed by atoms with Crippen molar-refractivity contribution in [1.29, 1.82) is 0 Å². The minimum Gasteiger partial charge on any atom is -0.310 e. The van der Waals surface area contributed by atoms with E-state index < -0.39 is 0 Å². The summed E-state index contributed by atoms with van der Waals surface area (Å²) in [6, 6.07) is 13.8. The van der Waals surface area contributed by atoms with Crippen LogP contribution in [0.25, 0.3) is 0 Å². The van der Waals surface area contributed by atoms with E-state index in [0.717, 1.165) is 13.0 Å². The van der Waals surface area contributed by atoms with E-state index in [-0.39, 0.29) is 0 Å². The third kappa shape index (κ3) is 4.42. The predicted molar refractivity (Wildman–Crippen MR) is 94.9 cm³/mol. The molecule has 2 heteroatoms. The largest absolute Gasteiger partial charge is 0.310 e. The molecule has 0 saturated carbocycles. The summed E-state index contributed by atoms with van der Waals surface area (Å²) in [4.78, 5) is 0. The van der Waals surface area contributed by atoms with Gasteiger partial charge in [-0.25, -0.2) is 0 Å². The topological polar surface area (TPSA) is 12.0 Å². The summed E-state index contributed by atoms with van der Waals surface area (Å²) < 4.78 is 1.17. The van der Waals surface area contributed by atoms with Gasteiger partial charge in [-0.15, -0.1) is 0 Å². The third-order valence-electron chi connectivity index (χ3n) is 3.76. The fraction of sp³-hybridized carbons (Fsp3) is 0.368. The van der Waals surface area contributed by atoms with Crippen LogP contribution in [0.2, 0.25) is 0 Å². The molecule has 1 nitrogen and oxygen atoms in total. The number of halogens is 1. The van der Waals surface area contributed by atoms with E-state index >= 15 is 0 Å². The van der Waals surface area contributed by atoms with Gasteiger partial charge >= 0.3 is 0 Å². The first-order chi connectivity index (χ1) is 9.99. The Kier molecular flexibility index (Phi) is 5.60. The van der Waals surface area contributed by atoms with Crippen LogP contribution in [-0.2, 0) is 6.42 Å². The van der Waals surface area contributed by atoms with Crippen LogP contribution in [-0.4, -0.2) is 6.54 Å². The molecule has 1 atom stereocenters. The molecular formula is C19H24BrN. The molecule has 1 unspecified atom stereocenters. The summed E-state index contributed by atoms with van der Waals surface area (Å²) in [6.07, 6.45) is 1.03. The maximum absolute atomic E-state index is 3.62. The molecule has 0 aliphatic rings. The number of likely N-dealkylation sites (N-methyl/N-ethyl adjacent to an activating group) is 1. The van der Waals surface area contributed by atoms with E-state index in [9.17, 15) is 0 Å². The molecule has 0 bridgehead atoms. The second-order valence-corrected chi connectivity index (χ2v) is 6.67. The summed E-state index contributed by atoms with van der Waals surface area (Å²) >= 11 is 3.58. The number of rotatable bonds is 5. The van der Waals surface area contributed by atoms with Crippen LogP contribution in [0.3, 0.4) is 0 Å². The number of hydrogen-bond acceptors (Lipinski definition) is 1. The van der Waals surface area contributed by atoms with Crippen molar-refractivity contribution in [3.63, 3.8) is 0 Å². The number of hydrogen-bond donors (Lipinski definition) is 1. The minimum absolute atomic E-state index is 0.364. The van der Waals surface area contributed by atoms with Crippen molar-refractivity contribution >= 4 is 15.9 Å². The smallest absolute Gasteiger partial charge is 0.0360 e.